The lowest BCUT2D eigenvalue weighted by Gasteiger charge is -2.00. The van der Waals surface area contributed by atoms with Crippen molar-refractivity contribution >= 4 is 6.72 Å². The molecule has 0 bridgehead atoms. The highest BCUT2D eigenvalue weighted by Crippen LogP contribution is 1.98. The van der Waals surface area contributed by atoms with E-state index in [4.69, 9.17) is 4.74 Å². The van der Waals surface area contributed by atoms with Crippen LogP contribution in [0, 0.1) is 5.21 Å². The minimum Gasteiger partial charge on any atom is -0.619 e. The van der Waals surface area contributed by atoms with Gasteiger partial charge in [0.2, 0.25) is 0 Å². The van der Waals surface area contributed by atoms with Gasteiger partial charge in [-0.25, -0.2) is 0 Å². The molecule has 3 heteroatoms. The number of hydroxylamine groups is 1. The quantitative estimate of drug-likeness (QED) is 0.154. The number of hydrogen-bond acceptors (Lipinski definition) is 2. The summed E-state index contributed by atoms with van der Waals surface area (Å²) in [4.78, 5) is 0. The van der Waals surface area contributed by atoms with E-state index in [1.54, 1.807) is 12.2 Å². The van der Waals surface area contributed by atoms with Gasteiger partial charge in [0.25, 0.3) is 0 Å². The van der Waals surface area contributed by atoms with E-state index in [0.29, 0.717) is 17.1 Å². The lowest BCUT2D eigenvalue weighted by atomic mass is 10.4. The molecule has 0 saturated carbocycles. The van der Waals surface area contributed by atoms with Crippen LogP contribution in [0.3, 0.4) is 0 Å². The molecule has 0 aromatic carbocycles. The standard InChI is InChI=1S/C8H13NO2/c1-4-8(11-5-2)6-7-9(3)10/h4,6-7H,3,5H2,1-2H3/b7-6-,8-4+. The normalized spacial score (nSPS) is 12.0. The lowest BCUT2D eigenvalue weighted by molar-refractivity contribution is -0.368. The van der Waals surface area contributed by atoms with Crippen molar-refractivity contribution in [2.45, 2.75) is 13.8 Å². The van der Waals surface area contributed by atoms with Crippen molar-refractivity contribution in [3.8, 4) is 0 Å². The second-order valence-corrected chi connectivity index (χ2v) is 1.86. The van der Waals surface area contributed by atoms with Gasteiger partial charge in [-0.05, 0) is 19.9 Å². The maximum Gasteiger partial charge on any atom is 0.183 e. The number of nitrogens with zero attached hydrogens (tertiary/aromatic N) is 1. The Hall–Kier alpha value is -1.25. The molecule has 0 aromatic heterocycles. The van der Waals surface area contributed by atoms with E-state index < -0.39 is 0 Å². The third kappa shape index (κ3) is 5.21. The van der Waals surface area contributed by atoms with Crippen molar-refractivity contribution in [2.24, 2.45) is 0 Å². The fourth-order valence-electron chi connectivity index (χ4n) is 0.551. The Morgan fingerprint density at radius 1 is 1.73 bits per heavy atom. The smallest absolute Gasteiger partial charge is 0.183 e. The summed E-state index contributed by atoms with van der Waals surface area (Å²) in [5.41, 5.74) is 0. The molecule has 0 amide bonds. The summed E-state index contributed by atoms with van der Waals surface area (Å²) < 4.78 is 5.60. The van der Waals surface area contributed by atoms with Crippen molar-refractivity contribution in [3.05, 3.63) is 29.3 Å². The van der Waals surface area contributed by atoms with E-state index >= 15 is 0 Å². The molecular formula is C8H13NO2. The second kappa shape index (κ2) is 5.53. The second-order valence-electron chi connectivity index (χ2n) is 1.86. The van der Waals surface area contributed by atoms with Crippen molar-refractivity contribution < 1.29 is 9.48 Å². The van der Waals surface area contributed by atoms with Crippen LogP contribution in [0.25, 0.3) is 0 Å². The van der Waals surface area contributed by atoms with Crippen LogP contribution in [-0.4, -0.2) is 18.1 Å². The molecule has 0 atom stereocenters. The summed E-state index contributed by atoms with van der Waals surface area (Å²) in [6, 6.07) is 0. The third-order valence-corrected chi connectivity index (χ3v) is 1.00. The van der Waals surface area contributed by atoms with Crippen LogP contribution in [-0.2, 0) is 4.74 Å². The first-order chi connectivity index (χ1) is 5.20. The van der Waals surface area contributed by atoms with Gasteiger partial charge < -0.3 is 9.94 Å². The molecule has 11 heavy (non-hydrogen) atoms. The topological polar surface area (TPSA) is 35.3 Å². The van der Waals surface area contributed by atoms with Crippen LogP contribution < -0.4 is 0 Å². The Bertz CT molecular complexity index is 183. The third-order valence-electron chi connectivity index (χ3n) is 1.00. The predicted octanol–water partition coefficient (Wildman–Crippen LogP) is 1.65. The first-order valence-corrected chi connectivity index (χ1v) is 3.44. The molecule has 0 radical (unpaired) electrons. The zero-order valence-corrected chi connectivity index (χ0v) is 6.91. The maximum atomic E-state index is 10.3. The Morgan fingerprint density at radius 3 is 2.73 bits per heavy atom. The number of allylic oxidation sites excluding steroid dienone is 2. The van der Waals surface area contributed by atoms with Gasteiger partial charge in [0.1, 0.15) is 12.5 Å². The minimum atomic E-state index is 0.475. The molecule has 0 aliphatic heterocycles. The average molecular weight is 155 g/mol. The fraction of sp³-hybridized carbons (Fsp3) is 0.375. The van der Waals surface area contributed by atoms with Gasteiger partial charge in [-0.2, -0.15) is 4.74 Å². The SMILES string of the molecule is C=[N+]([O-])/C=C\C(=C/C)OCC. The Labute approximate surface area is 66.9 Å². The average Bonchev–Trinajstić information content (AvgIpc) is 1.97. The first-order valence-electron chi connectivity index (χ1n) is 3.44. The summed E-state index contributed by atoms with van der Waals surface area (Å²) in [6.07, 6.45) is 4.65. The molecule has 0 N–H and O–H groups in total. The summed E-state index contributed by atoms with van der Waals surface area (Å²) in [7, 11) is 0. The zero-order valence-electron chi connectivity index (χ0n) is 6.91. The molecule has 0 aromatic rings. The Kier molecular flexibility index (Phi) is 4.90. The number of ether oxygens (including phenoxy) is 1. The van der Waals surface area contributed by atoms with E-state index in [-0.39, 0.29) is 0 Å². The van der Waals surface area contributed by atoms with Crippen LogP contribution >= 0.6 is 0 Å². The molecule has 0 heterocycles. The highest BCUT2D eigenvalue weighted by Gasteiger charge is 1.88. The Morgan fingerprint density at radius 2 is 2.36 bits per heavy atom. The monoisotopic (exact) mass is 155 g/mol. The molecule has 62 valence electrons. The lowest BCUT2D eigenvalue weighted by Crippen LogP contribution is -1.90. The van der Waals surface area contributed by atoms with Gasteiger partial charge in [-0.1, -0.05) is 0 Å². The van der Waals surface area contributed by atoms with E-state index in [1.807, 2.05) is 13.8 Å². The van der Waals surface area contributed by atoms with Crippen molar-refractivity contribution in [1.82, 2.24) is 0 Å². The largest absolute Gasteiger partial charge is 0.619 e. The molecule has 0 spiro atoms. The van der Waals surface area contributed by atoms with E-state index in [2.05, 4.69) is 6.72 Å². The van der Waals surface area contributed by atoms with Crippen LogP contribution in [0.15, 0.2) is 24.1 Å². The van der Waals surface area contributed by atoms with Crippen LogP contribution in [0.5, 0.6) is 0 Å². The van der Waals surface area contributed by atoms with Crippen LogP contribution in [0.4, 0.5) is 0 Å². The van der Waals surface area contributed by atoms with E-state index in [1.165, 1.54) is 6.20 Å². The van der Waals surface area contributed by atoms with Crippen molar-refractivity contribution in [1.29, 1.82) is 0 Å². The molecule has 0 unspecified atom stereocenters. The summed E-state index contributed by atoms with van der Waals surface area (Å²) in [6.45, 7) is 7.44. The highest BCUT2D eigenvalue weighted by molar-refractivity contribution is 5.17. The molecule has 0 aliphatic carbocycles. The number of hydrogen-bond donors (Lipinski definition) is 0. The van der Waals surface area contributed by atoms with Gasteiger partial charge in [0.05, 0.1) is 6.61 Å². The first kappa shape index (κ1) is 9.75. The maximum absolute atomic E-state index is 10.3. The number of rotatable bonds is 4. The summed E-state index contributed by atoms with van der Waals surface area (Å²) in [5, 5.41) is 10.3. The molecule has 0 fully saturated rings. The van der Waals surface area contributed by atoms with Gasteiger partial charge in [-0.15, -0.1) is 0 Å². The van der Waals surface area contributed by atoms with Crippen LogP contribution in [0.2, 0.25) is 0 Å². The van der Waals surface area contributed by atoms with Gasteiger partial charge >= 0.3 is 0 Å². The molecule has 3 nitrogen and oxygen atoms in total. The summed E-state index contributed by atoms with van der Waals surface area (Å²) >= 11 is 0. The van der Waals surface area contributed by atoms with Gasteiger partial charge in [0, 0.05) is 6.08 Å². The summed E-state index contributed by atoms with van der Waals surface area (Å²) in [5.74, 6) is 0.678. The zero-order chi connectivity index (χ0) is 8.69. The van der Waals surface area contributed by atoms with E-state index in [9.17, 15) is 5.21 Å². The van der Waals surface area contributed by atoms with E-state index in [0.717, 1.165) is 0 Å². The van der Waals surface area contributed by atoms with Crippen molar-refractivity contribution in [2.75, 3.05) is 6.61 Å². The Balaban J connectivity index is 3.98. The molecule has 0 rings (SSSR count). The molecule has 0 aliphatic rings. The highest BCUT2D eigenvalue weighted by atomic mass is 16.5. The predicted molar refractivity (Wildman–Crippen MR) is 45.3 cm³/mol. The minimum absolute atomic E-state index is 0.475. The molecular weight excluding hydrogens is 142 g/mol. The fourth-order valence-corrected chi connectivity index (χ4v) is 0.551. The molecule has 0 saturated heterocycles. The van der Waals surface area contributed by atoms with Gasteiger partial charge in [0.15, 0.2) is 6.20 Å². The van der Waals surface area contributed by atoms with Crippen molar-refractivity contribution in [3.63, 3.8) is 0 Å². The van der Waals surface area contributed by atoms with Crippen LogP contribution in [0.1, 0.15) is 13.8 Å². The van der Waals surface area contributed by atoms with Gasteiger partial charge in [-0.3, -0.25) is 0 Å².